The van der Waals surface area contributed by atoms with Crippen LogP contribution in [0, 0.1) is 5.92 Å². The molecule has 0 aromatic rings. The molecular weight excluding hydrogens is 205 g/mol. The van der Waals surface area contributed by atoms with Crippen LogP contribution in [0.4, 0.5) is 13.2 Å². The number of alkyl halides is 3. The number of hydrogen-bond acceptors (Lipinski definition) is 1. The summed E-state index contributed by atoms with van der Waals surface area (Å²) in [5, 5.41) is 0. The van der Waals surface area contributed by atoms with E-state index in [1.807, 2.05) is 0 Å². The van der Waals surface area contributed by atoms with Gasteiger partial charge in [0.1, 0.15) is 6.29 Å². The number of unbranched alkanes of at least 4 members (excludes halogenated alkanes) is 4. The molecule has 0 aliphatic carbocycles. The van der Waals surface area contributed by atoms with Gasteiger partial charge in [0.05, 0.1) is 5.92 Å². The quantitative estimate of drug-likeness (QED) is 0.430. The maximum Gasteiger partial charge on any atom is 0.270 e. The van der Waals surface area contributed by atoms with Crippen LogP contribution in [0.2, 0.25) is 0 Å². The van der Waals surface area contributed by atoms with Crippen LogP contribution < -0.4 is 0 Å². The van der Waals surface area contributed by atoms with E-state index < -0.39 is 18.5 Å². The van der Waals surface area contributed by atoms with E-state index in [1.165, 1.54) is 0 Å². The fourth-order valence-corrected chi connectivity index (χ4v) is 1.47. The molecule has 0 amide bonds. The van der Waals surface area contributed by atoms with Crippen LogP contribution in [-0.4, -0.2) is 18.9 Å². The molecule has 2 atom stereocenters. The molecule has 0 fully saturated rings. The Balaban J connectivity index is 3.66. The summed E-state index contributed by atoms with van der Waals surface area (Å²) >= 11 is 0. The average Bonchev–Trinajstić information content (AvgIpc) is 2.22. The van der Waals surface area contributed by atoms with Crippen LogP contribution in [0.25, 0.3) is 0 Å². The van der Waals surface area contributed by atoms with E-state index in [9.17, 15) is 18.0 Å². The molecule has 0 aliphatic rings. The van der Waals surface area contributed by atoms with Crippen molar-refractivity contribution in [1.29, 1.82) is 0 Å². The molecular formula is C11H19F3O. The monoisotopic (exact) mass is 224 g/mol. The van der Waals surface area contributed by atoms with Crippen molar-refractivity contribution in [2.45, 2.75) is 58.0 Å². The molecule has 2 unspecified atom stereocenters. The van der Waals surface area contributed by atoms with Gasteiger partial charge in [0.15, 0.2) is 6.17 Å². The normalized spacial score (nSPS) is 15.3. The largest absolute Gasteiger partial charge is 0.303 e. The molecule has 4 heteroatoms. The van der Waals surface area contributed by atoms with Crippen LogP contribution >= 0.6 is 0 Å². The lowest BCUT2D eigenvalue weighted by atomic mass is 9.97. The molecule has 0 saturated heterocycles. The van der Waals surface area contributed by atoms with E-state index in [0.29, 0.717) is 12.7 Å². The minimum Gasteiger partial charge on any atom is -0.303 e. The third-order valence-electron chi connectivity index (χ3n) is 2.47. The Hall–Kier alpha value is -0.540. The van der Waals surface area contributed by atoms with Crippen molar-refractivity contribution < 1.29 is 18.0 Å². The Morgan fingerprint density at radius 3 is 2.13 bits per heavy atom. The van der Waals surface area contributed by atoms with Gasteiger partial charge < -0.3 is 4.79 Å². The van der Waals surface area contributed by atoms with Crippen molar-refractivity contribution in [3.05, 3.63) is 0 Å². The smallest absolute Gasteiger partial charge is 0.270 e. The summed E-state index contributed by atoms with van der Waals surface area (Å²) in [5.41, 5.74) is 0. The van der Waals surface area contributed by atoms with E-state index in [-0.39, 0.29) is 6.42 Å². The average molecular weight is 224 g/mol. The van der Waals surface area contributed by atoms with Gasteiger partial charge in [-0.1, -0.05) is 39.0 Å². The third-order valence-corrected chi connectivity index (χ3v) is 2.47. The molecule has 15 heavy (non-hydrogen) atoms. The number of rotatable bonds is 9. The van der Waals surface area contributed by atoms with Crippen LogP contribution in [-0.2, 0) is 4.79 Å². The summed E-state index contributed by atoms with van der Waals surface area (Å²) in [6.07, 6.45) is -0.0441. The molecule has 0 aromatic carbocycles. The summed E-state index contributed by atoms with van der Waals surface area (Å²) in [6, 6.07) is 0. The number of hydrogen-bond donors (Lipinski definition) is 0. The Bertz CT molecular complexity index is 162. The SMILES string of the molecule is CCCCCCCC(C=O)C(F)C(F)F. The molecule has 0 rings (SSSR count). The summed E-state index contributed by atoms with van der Waals surface area (Å²) in [5.74, 6) is -1.13. The van der Waals surface area contributed by atoms with Gasteiger partial charge in [-0.25, -0.2) is 13.2 Å². The zero-order valence-corrected chi connectivity index (χ0v) is 9.09. The van der Waals surface area contributed by atoms with Gasteiger partial charge in [-0.3, -0.25) is 0 Å². The van der Waals surface area contributed by atoms with Crippen molar-refractivity contribution in [2.75, 3.05) is 0 Å². The van der Waals surface area contributed by atoms with Gasteiger partial charge in [0.25, 0.3) is 6.43 Å². The summed E-state index contributed by atoms with van der Waals surface area (Å²) < 4.78 is 36.7. The maximum absolute atomic E-state index is 12.8. The van der Waals surface area contributed by atoms with Crippen molar-refractivity contribution in [3.63, 3.8) is 0 Å². The Morgan fingerprint density at radius 2 is 1.67 bits per heavy atom. The number of aldehydes is 1. The van der Waals surface area contributed by atoms with Gasteiger partial charge in [-0.05, 0) is 6.42 Å². The minimum absolute atomic E-state index is 0.235. The predicted molar refractivity (Wildman–Crippen MR) is 53.8 cm³/mol. The zero-order valence-electron chi connectivity index (χ0n) is 9.09. The number of carbonyl (C=O) groups excluding carboxylic acids is 1. The van der Waals surface area contributed by atoms with Crippen molar-refractivity contribution in [2.24, 2.45) is 5.92 Å². The highest BCUT2D eigenvalue weighted by Crippen LogP contribution is 2.20. The van der Waals surface area contributed by atoms with E-state index in [4.69, 9.17) is 0 Å². The van der Waals surface area contributed by atoms with Crippen LogP contribution in [0.5, 0.6) is 0 Å². The molecule has 0 radical (unpaired) electrons. The number of carbonyl (C=O) groups is 1. The molecule has 1 nitrogen and oxygen atoms in total. The molecule has 0 saturated carbocycles. The fourth-order valence-electron chi connectivity index (χ4n) is 1.47. The lowest BCUT2D eigenvalue weighted by Gasteiger charge is -2.14. The Morgan fingerprint density at radius 1 is 1.07 bits per heavy atom. The molecule has 0 aliphatic heterocycles. The summed E-state index contributed by atoms with van der Waals surface area (Å²) in [7, 11) is 0. The maximum atomic E-state index is 12.8. The van der Waals surface area contributed by atoms with Crippen LogP contribution in [0.3, 0.4) is 0 Å². The highest BCUT2D eigenvalue weighted by atomic mass is 19.3. The molecule has 0 aromatic heterocycles. The third kappa shape index (κ3) is 6.52. The second-order valence-electron chi connectivity index (χ2n) is 3.78. The molecule has 0 spiro atoms. The summed E-state index contributed by atoms with van der Waals surface area (Å²) in [4.78, 5) is 10.4. The standard InChI is InChI=1S/C11H19F3O/c1-2-3-4-5-6-7-9(8-15)10(12)11(13)14/h8-11H,2-7H2,1H3. The van der Waals surface area contributed by atoms with Gasteiger partial charge in [-0.15, -0.1) is 0 Å². The molecule has 0 heterocycles. The highest BCUT2D eigenvalue weighted by molar-refractivity contribution is 5.54. The van der Waals surface area contributed by atoms with Gasteiger partial charge in [0.2, 0.25) is 0 Å². The minimum atomic E-state index is -3.05. The predicted octanol–water partition coefficient (Wildman–Crippen LogP) is 3.77. The van der Waals surface area contributed by atoms with E-state index in [1.54, 1.807) is 0 Å². The second-order valence-corrected chi connectivity index (χ2v) is 3.78. The molecule has 0 N–H and O–H groups in total. The van der Waals surface area contributed by atoms with E-state index in [0.717, 1.165) is 25.7 Å². The second kappa shape index (κ2) is 8.74. The van der Waals surface area contributed by atoms with E-state index in [2.05, 4.69) is 6.92 Å². The first-order valence-electron chi connectivity index (χ1n) is 5.51. The zero-order chi connectivity index (χ0) is 11.7. The van der Waals surface area contributed by atoms with Crippen molar-refractivity contribution >= 4 is 6.29 Å². The number of halogens is 3. The lowest BCUT2D eigenvalue weighted by Crippen LogP contribution is -2.24. The topological polar surface area (TPSA) is 17.1 Å². The van der Waals surface area contributed by atoms with Gasteiger partial charge in [-0.2, -0.15) is 0 Å². The summed E-state index contributed by atoms with van der Waals surface area (Å²) in [6.45, 7) is 2.07. The van der Waals surface area contributed by atoms with Gasteiger partial charge >= 0.3 is 0 Å². The first kappa shape index (κ1) is 14.5. The van der Waals surface area contributed by atoms with Crippen LogP contribution in [0.1, 0.15) is 45.4 Å². The fraction of sp³-hybridized carbons (Fsp3) is 0.909. The van der Waals surface area contributed by atoms with Gasteiger partial charge in [0, 0.05) is 0 Å². The highest BCUT2D eigenvalue weighted by Gasteiger charge is 2.28. The van der Waals surface area contributed by atoms with Crippen LogP contribution in [0.15, 0.2) is 0 Å². The van der Waals surface area contributed by atoms with E-state index >= 15 is 0 Å². The molecule has 0 bridgehead atoms. The Labute approximate surface area is 89.0 Å². The first-order chi connectivity index (χ1) is 7.13. The van der Waals surface area contributed by atoms with Crippen molar-refractivity contribution in [3.8, 4) is 0 Å². The first-order valence-corrected chi connectivity index (χ1v) is 5.51. The van der Waals surface area contributed by atoms with Crippen molar-refractivity contribution in [1.82, 2.24) is 0 Å². The molecule has 90 valence electrons. The Kier molecular flexibility index (Phi) is 8.43. The lowest BCUT2D eigenvalue weighted by molar-refractivity contribution is -0.115.